The molecule has 1 atom stereocenters. The van der Waals surface area contributed by atoms with Gasteiger partial charge in [0.1, 0.15) is 0 Å². The molecule has 84 valence electrons. The Morgan fingerprint density at radius 1 is 1.50 bits per heavy atom. The highest BCUT2D eigenvalue weighted by Crippen LogP contribution is 2.24. The number of hydrogen-bond donors (Lipinski definition) is 2. The number of nitrogens with one attached hydrogen (secondary N) is 1. The van der Waals surface area contributed by atoms with Crippen molar-refractivity contribution in [2.45, 2.75) is 12.8 Å². The van der Waals surface area contributed by atoms with Crippen LogP contribution in [0.5, 0.6) is 0 Å². The minimum Gasteiger partial charge on any atom is -0.396 e. The second-order valence-corrected chi connectivity index (χ2v) is 3.84. The van der Waals surface area contributed by atoms with Crippen LogP contribution in [-0.2, 0) is 0 Å². The van der Waals surface area contributed by atoms with E-state index >= 15 is 0 Å². The molecule has 2 rings (SSSR count). The van der Waals surface area contributed by atoms with Crippen LogP contribution in [0.4, 0.5) is 5.69 Å². The lowest BCUT2D eigenvalue weighted by Crippen LogP contribution is -1.98. The number of fused-ring (bicyclic) bond motifs is 1. The molecular weight excluding hydrogens is 208 g/mol. The molecule has 0 aliphatic heterocycles. The number of rotatable bonds is 3. The summed E-state index contributed by atoms with van der Waals surface area (Å²) in [5.41, 5.74) is 1.81. The fourth-order valence-corrected chi connectivity index (χ4v) is 1.62. The molecule has 1 aromatic heterocycles. The summed E-state index contributed by atoms with van der Waals surface area (Å²) in [7, 11) is 0. The van der Waals surface area contributed by atoms with Gasteiger partial charge in [-0.3, -0.25) is 10.1 Å². The molecule has 0 radical (unpaired) electrons. The van der Waals surface area contributed by atoms with Crippen molar-refractivity contribution in [3.05, 3.63) is 40.1 Å². The third kappa shape index (κ3) is 1.77. The number of aliphatic hydroxyl groups is 1. The molecule has 0 saturated carbocycles. The Labute approximate surface area is 91.9 Å². The van der Waals surface area contributed by atoms with Crippen molar-refractivity contribution in [2.75, 3.05) is 6.61 Å². The molecule has 16 heavy (non-hydrogen) atoms. The van der Waals surface area contributed by atoms with Gasteiger partial charge in [-0.05, 0) is 12.1 Å². The first kappa shape index (κ1) is 10.6. The Morgan fingerprint density at radius 3 is 2.88 bits per heavy atom. The van der Waals surface area contributed by atoms with Gasteiger partial charge in [-0.25, -0.2) is 0 Å². The van der Waals surface area contributed by atoms with Gasteiger partial charge in [0, 0.05) is 34.6 Å². The van der Waals surface area contributed by atoms with Crippen LogP contribution < -0.4 is 0 Å². The quantitative estimate of drug-likeness (QED) is 0.614. The number of benzene rings is 1. The summed E-state index contributed by atoms with van der Waals surface area (Å²) in [5.74, 6) is 0.00598. The van der Waals surface area contributed by atoms with Crippen LogP contribution >= 0.6 is 0 Å². The first-order chi connectivity index (χ1) is 7.61. The number of H-pyrrole nitrogens is 1. The van der Waals surface area contributed by atoms with E-state index in [9.17, 15) is 10.1 Å². The highest BCUT2D eigenvalue weighted by atomic mass is 16.6. The van der Waals surface area contributed by atoms with Gasteiger partial charge < -0.3 is 10.1 Å². The highest BCUT2D eigenvalue weighted by Gasteiger charge is 2.11. The number of nitro benzene ring substituents is 1. The van der Waals surface area contributed by atoms with Crippen LogP contribution in [0.3, 0.4) is 0 Å². The Bertz CT molecular complexity index is 533. The fraction of sp³-hybridized carbons (Fsp3) is 0.273. The highest BCUT2D eigenvalue weighted by molar-refractivity contribution is 5.82. The van der Waals surface area contributed by atoms with Gasteiger partial charge in [-0.2, -0.15) is 0 Å². The summed E-state index contributed by atoms with van der Waals surface area (Å²) >= 11 is 0. The lowest BCUT2D eigenvalue weighted by Gasteiger charge is -2.02. The van der Waals surface area contributed by atoms with Crippen LogP contribution in [-0.4, -0.2) is 21.6 Å². The lowest BCUT2D eigenvalue weighted by molar-refractivity contribution is -0.384. The number of nitrogens with zero attached hydrogens (tertiary/aromatic N) is 1. The van der Waals surface area contributed by atoms with Crippen LogP contribution in [0.15, 0.2) is 24.3 Å². The smallest absolute Gasteiger partial charge is 0.270 e. The van der Waals surface area contributed by atoms with Crippen molar-refractivity contribution < 1.29 is 10.0 Å². The predicted molar refractivity (Wildman–Crippen MR) is 60.5 cm³/mol. The molecule has 0 bridgehead atoms. The summed E-state index contributed by atoms with van der Waals surface area (Å²) in [6, 6.07) is 6.51. The summed E-state index contributed by atoms with van der Waals surface area (Å²) in [6.45, 7) is 1.94. The van der Waals surface area contributed by atoms with Gasteiger partial charge in [0.25, 0.3) is 5.69 Å². The van der Waals surface area contributed by atoms with Crippen LogP contribution in [0.25, 0.3) is 10.9 Å². The lowest BCUT2D eigenvalue weighted by atomic mass is 10.1. The summed E-state index contributed by atoms with van der Waals surface area (Å²) in [4.78, 5) is 13.3. The molecule has 2 aromatic rings. The monoisotopic (exact) mass is 220 g/mol. The first-order valence-corrected chi connectivity index (χ1v) is 4.99. The zero-order chi connectivity index (χ0) is 11.7. The van der Waals surface area contributed by atoms with Crippen molar-refractivity contribution in [3.63, 3.8) is 0 Å². The van der Waals surface area contributed by atoms with E-state index in [4.69, 9.17) is 5.11 Å². The topological polar surface area (TPSA) is 79.2 Å². The Kier molecular flexibility index (Phi) is 2.62. The van der Waals surface area contributed by atoms with Crippen molar-refractivity contribution in [1.29, 1.82) is 0 Å². The maximum atomic E-state index is 10.6. The van der Waals surface area contributed by atoms with Gasteiger partial charge in [-0.1, -0.05) is 6.92 Å². The summed E-state index contributed by atoms with van der Waals surface area (Å²) in [5, 5.41) is 20.4. The normalized spacial score (nSPS) is 12.9. The molecule has 2 N–H and O–H groups in total. The Balaban J connectivity index is 2.49. The maximum Gasteiger partial charge on any atom is 0.270 e. The average molecular weight is 220 g/mol. The zero-order valence-corrected chi connectivity index (χ0v) is 8.80. The third-order valence-electron chi connectivity index (χ3n) is 2.64. The second kappa shape index (κ2) is 3.94. The molecule has 0 amide bonds. The average Bonchev–Trinajstić information content (AvgIpc) is 2.70. The van der Waals surface area contributed by atoms with E-state index in [2.05, 4.69) is 4.98 Å². The van der Waals surface area contributed by atoms with E-state index < -0.39 is 4.92 Å². The van der Waals surface area contributed by atoms with Gasteiger partial charge >= 0.3 is 0 Å². The van der Waals surface area contributed by atoms with Gasteiger partial charge in [-0.15, -0.1) is 0 Å². The summed E-state index contributed by atoms with van der Waals surface area (Å²) < 4.78 is 0. The van der Waals surface area contributed by atoms with E-state index in [0.717, 1.165) is 16.6 Å². The van der Waals surface area contributed by atoms with Gasteiger partial charge in [0.15, 0.2) is 0 Å². The SMILES string of the molecule is C[C@@H](CO)c1cc2cc([N+](=O)[O-])ccc2[nH]1. The molecule has 0 saturated heterocycles. The predicted octanol–water partition coefficient (Wildman–Crippen LogP) is 2.17. The minimum atomic E-state index is -0.415. The van der Waals surface area contributed by atoms with Crippen LogP contribution in [0, 0.1) is 10.1 Å². The largest absolute Gasteiger partial charge is 0.396 e. The van der Waals surface area contributed by atoms with Gasteiger partial charge in [0.2, 0.25) is 0 Å². The molecule has 1 heterocycles. The number of nitro groups is 1. The molecule has 1 aromatic carbocycles. The third-order valence-corrected chi connectivity index (χ3v) is 2.64. The molecule has 0 aliphatic carbocycles. The number of hydrogen-bond acceptors (Lipinski definition) is 3. The molecule has 0 unspecified atom stereocenters. The van der Waals surface area contributed by atoms with E-state index in [1.54, 1.807) is 6.07 Å². The molecular formula is C11H12N2O3. The second-order valence-electron chi connectivity index (χ2n) is 3.84. The number of non-ortho nitro benzene ring substituents is 1. The number of aliphatic hydroxyl groups excluding tert-OH is 1. The fourth-order valence-electron chi connectivity index (χ4n) is 1.62. The van der Waals surface area contributed by atoms with E-state index in [1.165, 1.54) is 12.1 Å². The standard InChI is InChI=1S/C11H12N2O3/c1-7(6-14)11-5-8-4-9(13(15)16)2-3-10(8)12-11/h2-5,7,12,14H,6H2,1H3/t7-/m0/s1. The first-order valence-electron chi connectivity index (χ1n) is 4.99. The van der Waals surface area contributed by atoms with Gasteiger partial charge in [0.05, 0.1) is 11.5 Å². The molecule has 0 fully saturated rings. The number of aromatic nitrogens is 1. The molecule has 0 spiro atoms. The zero-order valence-electron chi connectivity index (χ0n) is 8.80. The van der Waals surface area contributed by atoms with Crippen molar-refractivity contribution in [1.82, 2.24) is 4.98 Å². The van der Waals surface area contributed by atoms with E-state index in [1.807, 2.05) is 13.0 Å². The Morgan fingerprint density at radius 2 is 2.25 bits per heavy atom. The van der Waals surface area contributed by atoms with E-state index in [0.29, 0.717) is 0 Å². The van der Waals surface area contributed by atoms with E-state index in [-0.39, 0.29) is 18.2 Å². The van der Waals surface area contributed by atoms with Crippen LogP contribution in [0.2, 0.25) is 0 Å². The number of aromatic amines is 1. The van der Waals surface area contributed by atoms with Crippen molar-refractivity contribution in [3.8, 4) is 0 Å². The molecule has 5 heteroatoms. The minimum absolute atomic E-state index is 0.00598. The van der Waals surface area contributed by atoms with Crippen LogP contribution in [0.1, 0.15) is 18.5 Å². The molecule has 0 aliphatic rings. The maximum absolute atomic E-state index is 10.6. The van der Waals surface area contributed by atoms with Crippen molar-refractivity contribution >= 4 is 16.6 Å². The summed E-state index contributed by atoms with van der Waals surface area (Å²) in [6.07, 6.45) is 0. The van der Waals surface area contributed by atoms with Crippen molar-refractivity contribution in [2.24, 2.45) is 0 Å². The molecule has 5 nitrogen and oxygen atoms in total. The Hall–Kier alpha value is -1.88.